The zero-order chi connectivity index (χ0) is 23.2. The van der Waals surface area contributed by atoms with Crippen LogP contribution in [-0.2, 0) is 20.7 Å². The molecule has 1 fully saturated rings. The maximum absolute atomic E-state index is 13.1. The van der Waals surface area contributed by atoms with Gasteiger partial charge in [0.1, 0.15) is 11.2 Å². The second-order valence-corrected chi connectivity index (χ2v) is 10.2. The lowest BCUT2D eigenvalue weighted by Crippen LogP contribution is -2.38. The number of esters is 1. The van der Waals surface area contributed by atoms with Crippen molar-refractivity contribution in [3.8, 4) is 0 Å². The van der Waals surface area contributed by atoms with Gasteiger partial charge in [-0.2, -0.15) is 0 Å². The highest BCUT2D eigenvalue weighted by molar-refractivity contribution is 5.74. The van der Waals surface area contributed by atoms with Crippen LogP contribution >= 0.6 is 0 Å². The molecule has 3 N–H and O–H groups in total. The maximum atomic E-state index is 13.1. The first-order chi connectivity index (χ1) is 14.4. The lowest BCUT2D eigenvalue weighted by atomic mass is 9.86. The third-order valence-electron chi connectivity index (χ3n) is 5.01. The molecule has 1 amide bonds. The monoisotopic (exact) mass is 433 g/mol. The fraction of sp³-hybridized carbons (Fsp3) is 0.667. The molecule has 0 radical (unpaired) electrons. The van der Waals surface area contributed by atoms with Crippen molar-refractivity contribution < 1.29 is 19.1 Å². The molecule has 7 heteroatoms. The molecule has 7 nitrogen and oxygen atoms in total. The van der Waals surface area contributed by atoms with Crippen LogP contribution in [0.3, 0.4) is 0 Å². The first kappa shape index (κ1) is 25.0. The van der Waals surface area contributed by atoms with Crippen molar-refractivity contribution >= 4 is 17.7 Å². The van der Waals surface area contributed by atoms with Crippen molar-refractivity contribution in [1.29, 1.82) is 0 Å². The van der Waals surface area contributed by atoms with E-state index in [9.17, 15) is 9.59 Å². The van der Waals surface area contributed by atoms with Crippen molar-refractivity contribution in [2.75, 3.05) is 31.5 Å². The predicted octanol–water partition coefficient (Wildman–Crippen LogP) is 3.81. The number of hydrogen-bond acceptors (Lipinski definition) is 6. The van der Waals surface area contributed by atoms with E-state index in [-0.39, 0.29) is 23.9 Å². The lowest BCUT2D eigenvalue weighted by Gasteiger charge is -2.28. The SMILES string of the molecule is CC(C)(C)OC(=O)C(Cc1cccc(NCCN)c1)[C@H]1CCN(C(=O)OC(C)(C)C)C1. The molecule has 2 rings (SSSR count). The summed E-state index contributed by atoms with van der Waals surface area (Å²) in [6.07, 6.45) is 0.972. The van der Waals surface area contributed by atoms with E-state index in [1.165, 1.54) is 0 Å². The van der Waals surface area contributed by atoms with Gasteiger partial charge in [0.05, 0.1) is 5.92 Å². The Hall–Kier alpha value is -2.28. The summed E-state index contributed by atoms with van der Waals surface area (Å²) in [6, 6.07) is 8.03. The Morgan fingerprint density at radius 3 is 2.45 bits per heavy atom. The normalized spacial score (nSPS) is 17.9. The number of anilines is 1. The van der Waals surface area contributed by atoms with Crippen molar-refractivity contribution in [3.05, 3.63) is 29.8 Å². The summed E-state index contributed by atoms with van der Waals surface area (Å²) in [5.41, 5.74) is 6.50. The molecule has 0 aliphatic carbocycles. The van der Waals surface area contributed by atoms with E-state index in [1.54, 1.807) is 4.90 Å². The number of benzene rings is 1. The van der Waals surface area contributed by atoms with E-state index in [2.05, 4.69) is 5.32 Å². The number of nitrogens with zero attached hydrogens (tertiary/aromatic N) is 1. The molecule has 1 aromatic carbocycles. The summed E-state index contributed by atoms with van der Waals surface area (Å²) in [6.45, 7) is 13.5. The number of likely N-dealkylation sites (tertiary alicyclic amines) is 1. The van der Waals surface area contributed by atoms with Crippen LogP contribution in [0.2, 0.25) is 0 Å². The van der Waals surface area contributed by atoms with E-state index in [4.69, 9.17) is 15.2 Å². The average Bonchev–Trinajstić information content (AvgIpc) is 3.12. The molecule has 1 saturated heterocycles. The van der Waals surface area contributed by atoms with Crippen LogP contribution in [0.25, 0.3) is 0 Å². The van der Waals surface area contributed by atoms with Crippen LogP contribution < -0.4 is 11.1 Å². The molecular formula is C24H39N3O4. The Morgan fingerprint density at radius 1 is 1.16 bits per heavy atom. The summed E-state index contributed by atoms with van der Waals surface area (Å²) in [4.78, 5) is 27.3. The summed E-state index contributed by atoms with van der Waals surface area (Å²) < 4.78 is 11.3. The summed E-state index contributed by atoms with van der Waals surface area (Å²) in [7, 11) is 0. The third-order valence-corrected chi connectivity index (χ3v) is 5.01. The van der Waals surface area contributed by atoms with E-state index < -0.39 is 11.2 Å². The Bertz CT molecular complexity index is 752. The van der Waals surface area contributed by atoms with Crippen LogP contribution in [0.15, 0.2) is 24.3 Å². The molecule has 1 heterocycles. The quantitative estimate of drug-likeness (QED) is 0.635. The van der Waals surface area contributed by atoms with Gasteiger partial charge in [0.25, 0.3) is 0 Å². The zero-order valence-corrected chi connectivity index (χ0v) is 19.9. The average molecular weight is 434 g/mol. The van der Waals surface area contributed by atoms with Crippen molar-refractivity contribution in [1.82, 2.24) is 4.90 Å². The number of carbonyl (C=O) groups is 2. The molecule has 1 aromatic rings. The highest BCUT2D eigenvalue weighted by Gasteiger charge is 2.39. The van der Waals surface area contributed by atoms with Crippen LogP contribution in [0.1, 0.15) is 53.5 Å². The topological polar surface area (TPSA) is 93.9 Å². The molecule has 1 aliphatic heterocycles. The minimum absolute atomic E-state index is 0.0167. The van der Waals surface area contributed by atoms with Gasteiger partial charge in [0, 0.05) is 31.9 Å². The van der Waals surface area contributed by atoms with Gasteiger partial charge in [-0.05, 0) is 78.0 Å². The molecule has 0 bridgehead atoms. The fourth-order valence-corrected chi connectivity index (χ4v) is 3.71. The van der Waals surface area contributed by atoms with E-state index in [1.807, 2.05) is 65.8 Å². The zero-order valence-electron chi connectivity index (χ0n) is 19.9. The minimum atomic E-state index is -0.566. The molecule has 31 heavy (non-hydrogen) atoms. The highest BCUT2D eigenvalue weighted by atomic mass is 16.6. The number of nitrogens with one attached hydrogen (secondary N) is 1. The van der Waals surface area contributed by atoms with E-state index in [0.717, 1.165) is 17.7 Å². The van der Waals surface area contributed by atoms with Gasteiger partial charge in [-0.1, -0.05) is 12.1 Å². The number of carbonyl (C=O) groups excluding carboxylic acids is 2. The number of rotatable bonds is 7. The Morgan fingerprint density at radius 2 is 1.84 bits per heavy atom. The number of amides is 1. The number of ether oxygens (including phenoxy) is 2. The first-order valence-electron chi connectivity index (χ1n) is 11.1. The third kappa shape index (κ3) is 8.40. The van der Waals surface area contributed by atoms with Gasteiger partial charge in [-0.15, -0.1) is 0 Å². The standard InChI is InChI=1S/C24H39N3O4/c1-23(2,3)30-21(28)20(15-17-8-7-9-19(14-17)26-12-11-25)18-10-13-27(16-18)22(29)31-24(4,5)6/h7-9,14,18,20,26H,10-13,15-16,25H2,1-6H3/t18-,20?/m0/s1. The Kier molecular flexibility index (Phi) is 8.34. The highest BCUT2D eigenvalue weighted by Crippen LogP contribution is 2.31. The molecule has 0 spiro atoms. The van der Waals surface area contributed by atoms with Crippen LogP contribution in [0.5, 0.6) is 0 Å². The van der Waals surface area contributed by atoms with Gasteiger partial charge in [0.2, 0.25) is 0 Å². The smallest absolute Gasteiger partial charge is 0.410 e. The van der Waals surface area contributed by atoms with Crippen molar-refractivity contribution in [2.24, 2.45) is 17.6 Å². The van der Waals surface area contributed by atoms with Gasteiger partial charge in [-0.3, -0.25) is 4.79 Å². The predicted molar refractivity (Wildman–Crippen MR) is 123 cm³/mol. The largest absolute Gasteiger partial charge is 0.460 e. The number of hydrogen-bond donors (Lipinski definition) is 2. The molecule has 1 aliphatic rings. The van der Waals surface area contributed by atoms with E-state index >= 15 is 0 Å². The molecule has 0 saturated carbocycles. The lowest BCUT2D eigenvalue weighted by molar-refractivity contribution is -0.161. The van der Waals surface area contributed by atoms with Gasteiger partial charge >= 0.3 is 12.1 Å². The molecule has 174 valence electrons. The molecule has 1 unspecified atom stereocenters. The second-order valence-electron chi connectivity index (χ2n) is 10.2. The fourth-order valence-electron chi connectivity index (χ4n) is 3.71. The Labute approximate surface area is 186 Å². The van der Waals surface area contributed by atoms with Gasteiger partial charge in [0.15, 0.2) is 0 Å². The van der Waals surface area contributed by atoms with Crippen LogP contribution in [-0.4, -0.2) is 54.3 Å². The molecule has 2 atom stereocenters. The van der Waals surface area contributed by atoms with Gasteiger partial charge in [-0.25, -0.2) is 4.79 Å². The molecule has 0 aromatic heterocycles. The summed E-state index contributed by atoms with van der Waals surface area (Å²) >= 11 is 0. The summed E-state index contributed by atoms with van der Waals surface area (Å²) in [5.74, 6) is -0.539. The number of nitrogens with two attached hydrogens (primary N) is 1. The maximum Gasteiger partial charge on any atom is 0.410 e. The summed E-state index contributed by atoms with van der Waals surface area (Å²) in [5, 5.41) is 3.28. The Balaban J connectivity index is 2.16. The minimum Gasteiger partial charge on any atom is -0.460 e. The van der Waals surface area contributed by atoms with Crippen LogP contribution in [0, 0.1) is 11.8 Å². The van der Waals surface area contributed by atoms with Crippen molar-refractivity contribution in [3.63, 3.8) is 0 Å². The van der Waals surface area contributed by atoms with Crippen LogP contribution in [0.4, 0.5) is 10.5 Å². The second kappa shape index (κ2) is 10.4. The van der Waals surface area contributed by atoms with Crippen molar-refractivity contribution in [2.45, 2.75) is 65.6 Å². The van der Waals surface area contributed by atoms with Gasteiger partial charge < -0.3 is 25.4 Å². The first-order valence-corrected chi connectivity index (χ1v) is 11.1. The van der Waals surface area contributed by atoms with E-state index in [0.29, 0.717) is 32.6 Å². The molecular weight excluding hydrogens is 394 g/mol.